The van der Waals surface area contributed by atoms with Crippen LogP contribution >= 0.6 is 0 Å². The summed E-state index contributed by atoms with van der Waals surface area (Å²) >= 11 is 0. The summed E-state index contributed by atoms with van der Waals surface area (Å²) in [7, 11) is 0. The number of anilines is 1. The minimum atomic E-state index is -0.232. The standard InChI is InChI=1S/C16H15FN2O/c1-12-6-7-14(10-15(12)17)19-11-13-4-2-3-5-16(13)20-9-8-18/h2-7,10,19H,9,11H2,1H3. The number of nitriles is 1. The molecule has 0 amide bonds. The maximum absolute atomic E-state index is 13.5. The maximum atomic E-state index is 13.5. The van der Waals surface area contributed by atoms with Gasteiger partial charge < -0.3 is 10.1 Å². The summed E-state index contributed by atoms with van der Waals surface area (Å²) in [5.74, 6) is 0.429. The van der Waals surface area contributed by atoms with Crippen LogP contribution in [-0.4, -0.2) is 6.61 Å². The first-order valence-corrected chi connectivity index (χ1v) is 6.28. The molecule has 0 aliphatic rings. The van der Waals surface area contributed by atoms with Crippen LogP contribution in [0.5, 0.6) is 5.75 Å². The molecule has 0 saturated heterocycles. The Morgan fingerprint density at radius 3 is 2.80 bits per heavy atom. The quantitative estimate of drug-likeness (QED) is 0.902. The molecule has 1 N–H and O–H groups in total. The van der Waals surface area contributed by atoms with Crippen LogP contribution < -0.4 is 10.1 Å². The number of halogens is 1. The lowest BCUT2D eigenvalue weighted by Crippen LogP contribution is -2.04. The molecule has 4 heteroatoms. The first-order chi connectivity index (χ1) is 9.70. The van der Waals surface area contributed by atoms with Crippen molar-refractivity contribution in [2.45, 2.75) is 13.5 Å². The minimum Gasteiger partial charge on any atom is -0.478 e. The zero-order valence-electron chi connectivity index (χ0n) is 11.2. The van der Waals surface area contributed by atoms with E-state index in [1.165, 1.54) is 6.07 Å². The molecule has 0 unspecified atom stereocenters. The maximum Gasteiger partial charge on any atom is 0.174 e. The van der Waals surface area contributed by atoms with Crippen LogP contribution in [-0.2, 0) is 6.54 Å². The van der Waals surface area contributed by atoms with Crippen LogP contribution in [0.1, 0.15) is 11.1 Å². The van der Waals surface area contributed by atoms with E-state index in [1.54, 1.807) is 13.0 Å². The number of ether oxygens (including phenoxy) is 1. The molecule has 0 heterocycles. The Hall–Kier alpha value is -2.54. The first kappa shape index (κ1) is 13.9. The van der Waals surface area contributed by atoms with E-state index in [2.05, 4.69) is 5.32 Å². The molecule has 2 rings (SSSR count). The number of nitrogens with one attached hydrogen (secondary N) is 1. The van der Waals surface area contributed by atoms with Gasteiger partial charge in [-0.05, 0) is 30.7 Å². The van der Waals surface area contributed by atoms with E-state index in [0.29, 0.717) is 23.5 Å². The number of hydrogen-bond donors (Lipinski definition) is 1. The van der Waals surface area contributed by atoms with Gasteiger partial charge in [-0.2, -0.15) is 5.26 Å². The summed E-state index contributed by atoms with van der Waals surface area (Å²) in [4.78, 5) is 0. The van der Waals surface area contributed by atoms with Crippen molar-refractivity contribution in [1.82, 2.24) is 0 Å². The third-order valence-corrected chi connectivity index (χ3v) is 2.92. The fraction of sp³-hybridized carbons (Fsp3) is 0.188. The Bertz CT molecular complexity index is 635. The monoisotopic (exact) mass is 270 g/mol. The third-order valence-electron chi connectivity index (χ3n) is 2.92. The lowest BCUT2D eigenvalue weighted by atomic mass is 10.2. The molecule has 0 fully saturated rings. The van der Waals surface area contributed by atoms with E-state index in [-0.39, 0.29) is 12.4 Å². The highest BCUT2D eigenvalue weighted by Gasteiger charge is 2.04. The topological polar surface area (TPSA) is 45.0 Å². The van der Waals surface area contributed by atoms with Crippen molar-refractivity contribution in [3.8, 4) is 11.8 Å². The van der Waals surface area contributed by atoms with Crippen LogP contribution in [0.3, 0.4) is 0 Å². The number of hydrogen-bond acceptors (Lipinski definition) is 3. The first-order valence-electron chi connectivity index (χ1n) is 6.28. The molecule has 0 aliphatic heterocycles. The Kier molecular flexibility index (Phi) is 4.56. The molecule has 0 aromatic heterocycles. The average molecular weight is 270 g/mol. The third kappa shape index (κ3) is 3.48. The zero-order chi connectivity index (χ0) is 14.4. The van der Waals surface area contributed by atoms with E-state index < -0.39 is 0 Å². The van der Waals surface area contributed by atoms with Gasteiger partial charge in [0.25, 0.3) is 0 Å². The molecule has 0 aliphatic carbocycles. The Balaban J connectivity index is 2.06. The van der Waals surface area contributed by atoms with Gasteiger partial charge in [-0.15, -0.1) is 0 Å². The van der Waals surface area contributed by atoms with Crippen molar-refractivity contribution >= 4 is 5.69 Å². The van der Waals surface area contributed by atoms with E-state index in [4.69, 9.17) is 10.00 Å². The number of para-hydroxylation sites is 1. The lowest BCUT2D eigenvalue weighted by Gasteiger charge is -2.11. The number of benzene rings is 2. The Morgan fingerprint density at radius 1 is 1.25 bits per heavy atom. The second-order valence-corrected chi connectivity index (χ2v) is 4.37. The highest BCUT2D eigenvalue weighted by atomic mass is 19.1. The summed E-state index contributed by atoms with van der Waals surface area (Å²) in [5.41, 5.74) is 2.25. The molecule has 2 aromatic carbocycles. The largest absolute Gasteiger partial charge is 0.478 e. The zero-order valence-corrected chi connectivity index (χ0v) is 11.2. The predicted molar refractivity (Wildman–Crippen MR) is 76.0 cm³/mol. The van der Waals surface area contributed by atoms with Crippen molar-refractivity contribution in [3.05, 3.63) is 59.4 Å². The molecular formula is C16H15FN2O. The van der Waals surface area contributed by atoms with Crippen molar-refractivity contribution in [2.75, 3.05) is 11.9 Å². The van der Waals surface area contributed by atoms with Crippen molar-refractivity contribution in [2.24, 2.45) is 0 Å². The van der Waals surface area contributed by atoms with Crippen LogP contribution in [0.15, 0.2) is 42.5 Å². The number of nitrogens with zero attached hydrogens (tertiary/aromatic N) is 1. The van der Waals surface area contributed by atoms with Gasteiger partial charge in [-0.25, -0.2) is 4.39 Å². The Labute approximate surface area is 117 Å². The second-order valence-electron chi connectivity index (χ2n) is 4.37. The van der Waals surface area contributed by atoms with E-state index >= 15 is 0 Å². The highest BCUT2D eigenvalue weighted by Crippen LogP contribution is 2.20. The molecule has 0 radical (unpaired) electrons. The summed E-state index contributed by atoms with van der Waals surface area (Å²) in [5, 5.41) is 11.7. The molecular weight excluding hydrogens is 255 g/mol. The van der Waals surface area contributed by atoms with Gasteiger partial charge >= 0.3 is 0 Å². The van der Waals surface area contributed by atoms with E-state index in [0.717, 1.165) is 5.56 Å². The van der Waals surface area contributed by atoms with Crippen molar-refractivity contribution in [1.29, 1.82) is 5.26 Å². The van der Waals surface area contributed by atoms with Crippen molar-refractivity contribution in [3.63, 3.8) is 0 Å². The molecule has 0 bridgehead atoms. The average Bonchev–Trinajstić information content (AvgIpc) is 2.47. The van der Waals surface area contributed by atoms with E-state index in [1.807, 2.05) is 36.4 Å². The van der Waals surface area contributed by atoms with Gasteiger partial charge in [-0.3, -0.25) is 0 Å². The van der Waals surface area contributed by atoms with Gasteiger partial charge in [0.05, 0.1) is 0 Å². The molecule has 0 spiro atoms. The van der Waals surface area contributed by atoms with Gasteiger partial charge in [0, 0.05) is 17.8 Å². The molecule has 102 valence electrons. The van der Waals surface area contributed by atoms with Crippen LogP contribution in [0.25, 0.3) is 0 Å². The van der Waals surface area contributed by atoms with Crippen molar-refractivity contribution < 1.29 is 9.13 Å². The molecule has 0 saturated carbocycles. The predicted octanol–water partition coefficient (Wildman–Crippen LogP) is 3.65. The molecule has 3 nitrogen and oxygen atoms in total. The molecule has 2 aromatic rings. The Morgan fingerprint density at radius 2 is 2.05 bits per heavy atom. The molecule has 20 heavy (non-hydrogen) atoms. The summed E-state index contributed by atoms with van der Waals surface area (Å²) in [6.07, 6.45) is 0. The minimum absolute atomic E-state index is 0.0101. The second kappa shape index (κ2) is 6.58. The summed E-state index contributed by atoms with van der Waals surface area (Å²) < 4.78 is 18.8. The fourth-order valence-corrected chi connectivity index (χ4v) is 1.80. The van der Waals surface area contributed by atoms with E-state index in [9.17, 15) is 4.39 Å². The van der Waals surface area contributed by atoms with Crippen LogP contribution in [0.2, 0.25) is 0 Å². The van der Waals surface area contributed by atoms with Crippen LogP contribution in [0.4, 0.5) is 10.1 Å². The normalized spacial score (nSPS) is 9.85. The fourth-order valence-electron chi connectivity index (χ4n) is 1.80. The number of rotatable bonds is 5. The van der Waals surface area contributed by atoms with Gasteiger partial charge in [0.1, 0.15) is 17.6 Å². The van der Waals surface area contributed by atoms with Gasteiger partial charge in [-0.1, -0.05) is 24.3 Å². The van der Waals surface area contributed by atoms with Gasteiger partial charge in [0.2, 0.25) is 0 Å². The summed E-state index contributed by atoms with van der Waals surface area (Å²) in [6.45, 7) is 2.24. The SMILES string of the molecule is Cc1ccc(NCc2ccccc2OCC#N)cc1F. The summed E-state index contributed by atoms with van der Waals surface area (Å²) in [6, 6.07) is 14.4. The molecule has 0 atom stereocenters. The smallest absolute Gasteiger partial charge is 0.174 e. The number of aryl methyl sites for hydroxylation is 1. The van der Waals surface area contributed by atoms with Gasteiger partial charge in [0.15, 0.2) is 6.61 Å². The van der Waals surface area contributed by atoms with Crippen LogP contribution in [0, 0.1) is 24.1 Å². The highest BCUT2D eigenvalue weighted by molar-refractivity contribution is 5.47. The lowest BCUT2D eigenvalue weighted by molar-refractivity contribution is 0.364.